The van der Waals surface area contributed by atoms with Crippen LogP contribution in [0.25, 0.3) is 0 Å². The third kappa shape index (κ3) is 3.07. The van der Waals surface area contributed by atoms with Crippen molar-refractivity contribution >= 4 is 27.3 Å². The maximum absolute atomic E-state index is 12.0. The second-order valence-electron chi connectivity index (χ2n) is 3.52. The Balaban J connectivity index is 2.28. The van der Waals surface area contributed by atoms with Crippen LogP contribution in [0.5, 0.6) is 0 Å². The van der Waals surface area contributed by atoms with E-state index in [1.54, 1.807) is 0 Å². The van der Waals surface area contributed by atoms with Gasteiger partial charge in [0.05, 0.1) is 16.5 Å². The highest BCUT2D eigenvalue weighted by molar-refractivity contribution is 7.89. The molecule has 12 heteroatoms. The molecule has 0 aliphatic rings. The number of H-pyrrole nitrogens is 1. The normalized spacial score (nSPS) is 11.4. The molecule has 1 aromatic carbocycles. The number of nitro groups is 1. The van der Waals surface area contributed by atoms with Crippen LogP contribution in [0.1, 0.15) is 5.82 Å². The molecule has 0 fully saturated rings. The molecule has 10 nitrogen and oxygen atoms in total. The molecule has 0 bridgehead atoms. The largest absolute Gasteiger partial charge is 0.270 e. The zero-order valence-electron chi connectivity index (χ0n) is 9.65. The summed E-state index contributed by atoms with van der Waals surface area (Å²) in [5, 5.41) is 23.1. The van der Waals surface area contributed by atoms with Crippen molar-refractivity contribution in [3.8, 4) is 0 Å². The van der Waals surface area contributed by atoms with Gasteiger partial charge in [-0.3, -0.25) is 10.1 Å². The fourth-order valence-corrected chi connectivity index (χ4v) is 2.80. The number of sulfonamides is 1. The van der Waals surface area contributed by atoms with Crippen molar-refractivity contribution in [2.45, 2.75) is 11.4 Å². The lowest BCUT2D eigenvalue weighted by atomic mass is 10.3. The number of nitrogens with one attached hydrogen (secondary N) is 2. The smallest absolute Gasteiger partial charge is 0.258 e. The first kappa shape index (κ1) is 14.3. The number of nitrogens with zero attached hydrogens (tertiary/aromatic N) is 4. The van der Waals surface area contributed by atoms with Gasteiger partial charge in [0.15, 0.2) is 5.82 Å². The Morgan fingerprint density at radius 2 is 2.20 bits per heavy atom. The van der Waals surface area contributed by atoms with Crippen molar-refractivity contribution in [2.24, 2.45) is 0 Å². The van der Waals surface area contributed by atoms with E-state index in [1.807, 2.05) is 0 Å². The Kier molecular flexibility index (Phi) is 3.92. The van der Waals surface area contributed by atoms with Crippen molar-refractivity contribution in [3.05, 3.63) is 39.2 Å². The van der Waals surface area contributed by atoms with Crippen molar-refractivity contribution in [1.82, 2.24) is 25.3 Å². The van der Waals surface area contributed by atoms with Gasteiger partial charge in [-0.05, 0) is 6.07 Å². The molecule has 0 amide bonds. The highest BCUT2D eigenvalue weighted by Gasteiger charge is 2.21. The van der Waals surface area contributed by atoms with Gasteiger partial charge in [0.1, 0.15) is 4.90 Å². The Hall–Kier alpha value is -2.11. The summed E-state index contributed by atoms with van der Waals surface area (Å²) in [5.41, 5.74) is -0.380. The first-order valence-corrected chi connectivity index (χ1v) is 6.92. The van der Waals surface area contributed by atoms with Crippen LogP contribution in [0.15, 0.2) is 23.1 Å². The topological polar surface area (TPSA) is 144 Å². The molecule has 2 aromatic rings. The average molecular weight is 319 g/mol. The molecule has 1 aromatic heterocycles. The Morgan fingerprint density at radius 1 is 1.45 bits per heavy atom. The number of non-ortho nitro benzene ring substituents is 1. The van der Waals surface area contributed by atoms with Gasteiger partial charge in [-0.15, -0.1) is 10.2 Å². The maximum Gasteiger partial charge on any atom is 0.270 e. The lowest BCUT2D eigenvalue weighted by molar-refractivity contribution is -0.385. The summed E-state index contributed by atoms with van der Waals surface area (Å²) in [5.74, 6) is 0.120. The van der Waals surface area contributed by atoms with E-state index in [0.29, 0.717) is 0 Å². The fourth-order valence-electron chi connectivity index (χ4n) is 1.31. The molecule has 0 spiro atoms. The lowest BCUT2D eigenvalue weighted by Gasteiger charge is -2.06. The standard InChI is InChI=1S/C8H7ClN6O4S/c9-6-2-1-5(15(16)17)3-7(6)20(18,19)10-4-8-11-13-14-12-8/h1-3,10H,4H2,(H,11,12,13,14). The number of hydrogen-bond donors (Lipinski definition) is 2. The van der Waals surface area contributed by atoms with E-state index in [4.69, 9.17) is 11.6 Å². The summed E-state index contributed by atoms with van der Waals surface area (Å²) in [6.45, 7) is -0.224. The van der Waals surface area contributed by atoms with Gasteiger partial charge >= 0.3 is 0 Å². The number of nitro benzene ring substituents is 1. The predicted octanol–water partition coefficient (Wildman–Crippen LogP) is 0.240. The minimum atomic E-state index is -4.03. The van der Waals surface area contributed by atoms with Crippen molar-refractivity contribution in [1.29, 1.82) is 0 Å². The summed E-state index contributed by atoms with van der Waals surface area (Å²) in [4.78, 5) is 9.55. The number of halogens is 1. The molecule has 0 unspecified atom stereocenters. The Morgan fingerprint density at radius 3 is 2.80 bits per heavy atom. The number of aromatic amines is 1. The van der Waals surface area contributed by atoms with Gasteiger partial charge in [0.25, 0.3) is 5.69 Å². The van der Waals surface area contributed by atoms with E-state index < -0.39 is 19.8 Å². The van der Waals surface area contributed by atoms with Crippen LogP contribution >= 0.6 is 11.6 Å². The van der Waals surface area contributed by atoms with Crippen molar-refractivity contribution in [3.63, 3.8) is 0 Å². The molecule has 0 radical (unpaired) electrons. The third-order valence-electron chi connectivity index (χ3n) is 2.22. The van der Waals surface area contributed by atoms with E-state index in [9.17, 15) is 18.5 Å². The van der Waals surface area contributed by atoms with E-state index in [-0.39, 0.29) is 23.1 Å². The third-order valence-corrected chi connectivity index (χ3v) is 4.11. The van der Waals surface area contributed by atoms with Gasteiger partial charge in [-0.1, -0.05) is 16.8 Å². The first-order chi connectivity index (χ1) is 9.40. The van der Waals surface area contributed by atoms with Crippen LogP contribution < -0.4 is 4.72 Å². The molecule has 0 saturated carbocycles. The molecule has 0 saturated heterocycles. The summed E-state index contributed by atoms with van der Waals surface area (Å²) >= 11 is 5.75. The van der Waals surface area contributed by atoms with Crippen LogP contribution in [-0.4, -0.2) is 34.0 Å². The predicted molar refractivity (Wildman–Crippen MR) is 66.3 cm³/mol. The Bertz CT molecular complexity index is 731. The van der Waals surface area contributed by atoms with Crippen LogP contribution in [0, 0.1) is 10.1 Å². The number of rotatable bonds is 5. The van der Waals surface area contributed by atoms with Gasteiger partial charge in [-0.2, -0.15) is 5.21 Å². The maximum atomic E-state index is 12.0. The van der Waals surface area contributed by atoms with Crippen molar-refractivity contribution < 1.29 is 13.3 Å². The lowest BCUT2D eigenvalue weighted by Crippen LogP contribution is -2.24. The van der Waals surface area contributed by atoms with E-state index in [2.05, 4.69) is 25.3 Å². The summed E-state index contributed by atoms with van der Waals surface area (Å²) in [7, 11) is -4.03. The van der Waals surface area contributed by atoms with Gasteiger partial charge in [-0.25, -0.2) is 13.1 Å². The molecule has 0 aliphatic carbocycles. The molecule has 1 heterocycles. The minimum absolute atomic E-state index is 0.120. The highest BCUT2D eigenvalue weighted by atomic mass is 35.5. The quantitative estimate of drug-likeness (QED) is 0.593. The van der Waals surface area contributed by atoms with E-state index >= 15 is 0 Å². The molecule has 2 rings (SSSR count). The van der Waals surface area contributed by atoms with Crippen LogP contribution in [0.4, 0.5) is 5.69 Å². The zero-order chi connectivity index (χ0) is 14.8. The van der Waals surface area contributed by atoms with Gasteiger partial charge in [0, 0.05) is 12.1 Å². The van der Waals surface area contributed by atoms with Crippen LogP contribution in [0.3, 0.4) is 0 Å². The number of benzene rings is 1. The van der Waals surface area contributed by atoms with Crippen LogP contribution in [-0.2, 0) is 16.6 Å². The van der Waals surface area contributed by atoms with E-state index in [0.717, 1.165) is 18.2 Å². The second kappa shape index (κ2) is 5.48. The number of aromatic nitrogens is 4. The molecule has 106 valence electrons. The monoisotopic (exact) mass is 318 g/mol. The first-order valence-electron chi connectivity index (χ1n) is 5.06. The van der Waals surface area contributed by atoms with Gasteiger partial charge < -0.3 is 0 Å². The highest BCUT2D eigenvalue weighted by Crippen LogP contribution is 2.25. The minimum Gasteiger partial charge on any atom is -0.258 e. The average Bonchev–Trinajstić information content (AvgIpc) is 2.89. The zero-order valence-corrected chi connectivity index (χ0v) is 11.2. The summed E-state index contributed by atoms with van der Waals surface area (Å²) in [6.07, 6.45) is 0. The van der Waals surface area contributed by atoms with Crippen molar-refractivity contribution in [2.75, 3.05) is 0 Å². The molecule has 20 heavy (non-hydrogen) atoms. The molecule has 0 aliphatic heterocycles. The summed E-state index contributed by atoms with van der Waals surface area (Å²) in [6, 6.07) is 3.13. The molecule has 2 N–H and O–H groups in total. The van der Waals surface area contributed by atoms with Crippen LogP contribution in [0.2, 0.25) is 5.02 Å². The molecular weight excluding hydrogens is 312 g/mol. The van der Waals surface area contributed by atoms with Gasteiger partial charge in [0.2, 0.25) is 10.0 Å². The number of hydrogen-bond acceptors (Lipinski definition) is 7. The van der Waals surface area contributed by atoms with E-state index in [1.165, 1.54) is 0 Å². The molecule has 0 atom stereocenters. The Labute approximate surface area is 117 Å². The summed E-state index contributed by atoms with van der Waals surface area (Å²) < 4.78 is 26.2. The molecular formula is C8H7ClN6O4S. The fraction of sp³-hybridized carbons (Fsp3) is 0.125. The number of tetrazole rings is 1. The SMILES string of the molecule is O=[N+]([O-])c1ccc(Cl)c(S(=O)(=O)NCc2nn[nH]n2)c1. The second-order valence-corrected chi connectivity index (χ2v) is 5.67.